The molecule has 1 atom stereocenters. The summed E-state index contributed by atoms with van der Waals surface area (Å²) in [5, 5.41) is 0. The van der Waals surface area contributed by atoms with Crippen LogP contribution in [-0.4, -0.2) is 37.2 Å². The molecule has 0 bridgehead atoms. The summed E-state index contributed by atoms with van der Waals surface area (Å²) in [4.78, 5) is 37.9. The molecule has 0 spiro atoms. The first-order valence-electron chi connectivity index (χ1n) is 27.6. The average molecular weight is 897 g/mol. The summed E-state index contributed by atoms with van der Waals surface area (Å²) in [6, 6.07) is 0. The number of carbonyl (C=O) groups is 3. The summed E-state index contributed by atoms with van der Waals surface area (Å²) in [6.07, 6.45) is 64.0. The minimum Gasteiger partial charge on any atom is -0.462 e. The van der Waals surface area contributed by atoms with Crippen molar-refractivity contribution in [3.05, 3.63) is 48.6 Å². The number of rotatable bonds is 50. The predicted octanol–water partition coefficient (Wildman–Crippen LogP) is 18.3. The second kappa shape index (κ2) is 53.0. The van der Waals surface area contributed by atoms with Gasteiger partial charge in [-0.2, -0.15) is 0 Å². The van der Waals surface area contributed by atoms with E-state index in [9.17, 15) is 14.4 Å². The lowest BCUT2D eigenvalue weighted by atomic mass is 10.0. The van der Waals surface area contributed by atoms with E-state index in [1.165, 1.54) is 161 Å². The molecule has 0 aromatic carbocycles. The molecule has 0 aliphatic heterocycles. The van der Waals surface area contributed by atoms with Crippen molar-refractivity contribution in [1.82, 2.24) is 0 Å². The van der Waals surface area contributed by atoms with E-state index < -0.39 is 6.10 Å². The fraction of sp³-hybridized carbons (Fsp3) is 0.810. The normalized spacial score (nSPS) is 12.4. The van der Waals surface area contributed by atoms with E-state index in [0.29, 0.717) is 19.3 Å². The summed E-state index contributed by atoms with van der Waals surface area (Å²) in [7, 11) is 0. The van der Waals surface area contributed by atoms with Gasteiger partial charge in [0.1, 0.15) is 13.2 Å². The van der Waals surface area contributed by atoms with Crippen molar-refractivity contribution in [3.8, 4) is 0 Å². The van der Waals surface area contributed by atoms with Gasteiger partial charge >= 0.3 is 17.9 Å². The Hall–Kier alpha value is -2.63. The molecule has 0 saturated heterocycles. The zero-order valence-electron chi connectivity index (χ0n) is 42.6. The zero-order valence-corrected chi connectivity index (χ0v) is 42.6. The molecule has 0 rings (SSSR count). The molecule has 0 aliphatic rings. The molecule has 6 heteroatoms. The number of esters is 3. The van der Waals surface area contributed by atoms with Crippen LogP contribution in [0.3, 0.4) is 0 Å². The first-order valence-corrected chi connectivity index (χ1v) is 27.6. The number of hydrogen-bond donors (Lipinski definition) is 0. The maximum Gasteiger partial charge on any atom is 0.306 e. The van der Waals surface area contributed by atoms with Crippen LogP contribution in [0.15, 0.2) is 48.6 Å². The topological polar surface area (TPSA) is 78.9 Å². The van der Waals surface area contributed by atoms with Crippen molar-refractivity contribution < 1.29 is 28.6 Å². The maximum absolute atomic E-state index is 12.8. The maximum atomic E-state index is 12.8. The smallest absolute Gasteiger partial charge is 0.306 e. The van der Waals surface area contributed by atoms with Gasteiger partial charge in [0, 0.05) is 19.3 Å². The van der Waals surface area contributed by atoms with Crippen LogP contribution in [-0.2, 0) is 28.6 Å². The highest BCUT2D eigenvalue weighted by atomic mass is 16.6. The lowest BCUT2D eigenvalue weighted by Crippen LogP contribution is -2.30. The quantitative estimate of drug-likeness (QED) is 0.0262. The molecule has 6 nitrogen and oxygen atoms in total. The second-order valence-electron chi connectivity index (χ2n) is 18.5. The molecule has 0 heterocycles. The molecule has 0 saturated carbocycles. The Balaban J connectivity index is 4.17. The van der Waals surface area contributed by atoms with E-state index in [-0.39, 0.29) is 31.1 Å². The van der Waals surface area contributed by atoms with Crippen molar-refractivity contribution in [1.29, 1.82) is 0 Å². The third-order valence-electron chi connectivity index (χ3n) is 12.1. The first kappa shape index (κ1) is 61.4. The molecule has 372 valence electrons. The van der Waals surface area contributed by atoms with Gasteiger partial charge in [-0.3, -0.25) is 14.4 Å². The van der Waals surface area contributed by atoms with E-state index in [1.54, 1.807) is 0 Å². The van der Waals surface area contributed by atoms with E-state index >= 15 is 0 Å². The van der Waals surface area contributed by atoms with Gasteiger partial charge in [0.05, 0.1) is 0 Å². The molecule has 1 unspecified atom stereocenters. The van der Waals surface area contributed by atoms with Gasteiger partial charge in [-0.25, -0.2) is 0 Å². The Kier molecular flexibility index (Phi) is 50.8. The van der Waals surface area contributed by atoms with Crippen LogP contribution in [0.4, 0.5) is 0 Å². The second-order valence-corrected chi connectivity index (χ2v) is 18.5. The lowest BCUT2D eigenvalue weighted by molar-refractivity contribution is -0.167. The Bertz CT molecular complexity index is 1120. The number of allylic oxidation sites excluding steroid dienone is 8. The van der Waals surface area contributed by atoms with Crippen LogP contribution in [0, 0.1) is 0 Å². The summed E-state index contributed by atoms with van der Waals surface area (Å²) < 4.78 is 16.8. The van der Waals surface area contributed by atoms with Gasteiger partial charge in [-0.05, 0) is 57.8 Å². The fourth-order valence-electron chi connectivity index (χ4n) is 7.96. The van der Waals surface area contributed by atoms with Gasteiger partial charge in [-0.1, -0.05) is 256 Å². The van der Waals surface area contributed by atoms with Gasteiger partial charge < -0.3 is 14.2 Å². The van der Waals surface area contributed by atoms with Crippen molar-refractivity contribution in [2.45, 2.75) is 290 Å². The number of hydrogen-bond acceptors (Lipinski definition) is 6. The molecule has 0 amide bonds. The number of ether oxygens (including phenoxy) is 3. The number of unbranched alkanes of at least 4 members (excludes halogenated alkanes) is 31. The monoisotopic (exact) mass is 897 g/mol. The van der Waals surface area contributed by atoms with Gasteiger partial charge in [-0.15, -0.1) is 0 Å². The van der Waals surface area contributed by atoms with E-state index in [0.717, 1.165) is 83.5 Å². The minimum absolute atomic E-state index is 0.0708. The molecular formula is C58H104O6. The Morgan fingerprint density at radius 1 is 0.328 bits per heavy atom. The molecule has 0 aromatic rings. The van der Waals surface area contributed by atoms with Crippen LogP contribution in [0.1, 0.15) is 284 Å². The van der Waals surface area contributed by atoms with E-state index in [4.69, 9.17) is 14.2 Å². The lowest BCUT2D eigenvalue weighted by Gasteiger charge is -2.18. The van der Waals surface area contributed by atoms with Crippen molar-refractivity contribution in [2.75, 3.05) is 13.2 Å². The van der Waals surface area contributed by atoms with Crippen LogP contribution in [0.5, 0.6) is 0 Å². The third-order valence-corrected chi connectivity index (χ3v) is 12.1. The molecule has 0 aromatic heterocycles. The summed E-state index contributed by atoms with van der Waals surface area (Å²) in [5.74, 6) is -0.869. The highest BCUT2D eigenvalue weighted by Crippen LogP contribution is 2.16. The SMILES string of the molecule is CC/C=C\C/C=C\C/C=C\C/C=C\CCCCCCCCCCCCC(=O)OCC(COC(=O)CCCCCCCCC)OC(=O)CCCCCCCCCCCCCCCCCC. The average Bonchev–Trinajstić information content (AvgIpc) is 3.29. The van der Waals surface area contributed by atoms with E-state index in [1.807, 2.05) is 0 Å². The standard InChI is InChI=1S/C58H104O6/c1-4-7-10-13-16-18-20-22-24-26-27-28-29-30-31-32-34-35-37-39-42-45-48-51-57(60)63-54-55(53-62-56(59)50-47-44-41-15-12-9-6-3)64-58(61)52-49-46-43-40-38-36-33-25-23-21-19-17-14-11-8-5-2/h7,10,16,18,22,24,27-28,55H,4-6,8-9,11-15,17,19-21,23,25-26,29-54H2,1-3H3/b10-7-,18-16-,24-22-,28-27-. The molecule has 0 radical (unpaired) electrons. The van der Waals surface area contributed by atoms with Crippen molar-refractivity contribution in [2.24, 2.45) is 0 Å². The van der Waals surface area contributed by atoms with Gasteiger partial charge in [0.15, 0.2) is 6.10 Å². The van der Waals surface area contributed by atoms with Crippen molar-refractivity contribution >= 4 is 17.9 Å². The number of carbonyl (C=O) groups excluding carboxylic acids is 3. The van der Waals surface area contributed by atoms with Gasteiger partial charge in [0.25, 0.3) is 0 Å². The highest BCUT2D eigenvalue weighted by molar-refractivity contribution is 5.71. The first-order chi connectivity index (χ1) is 31.5. The molecule has 64 heavy (non-hydrogen) atoms. The molecular weight excluding hydrogens is 793 g/mol. The summed E-state index contributed by atoms with van der Waals surface area (Å²) in [5.41, 5.74) is 0. The minimum atomic E-state index is -0.768. The van der Waals surface area contributed by atoms with Crippen LogP contribution in [0.25, 0.3) is 0 Å². The molecule has 0 fully saturated rings. The van der Waals surface area contributed by atoms with Crippen LogP contribution < -0.4 is 0 Å². The fourth-order valence-corrected chi connectivity index (χ4v) is 7.96. The molecule has 0 aliphatic carbocycles. The van der Waals surface area contributed by atoms with E-state index in [2.05, 4.69) is 69.4 Å². The van der Waals surface area contributed by atoms with Crippen molar-refractivity contribution in [3.63, 3.8) is 0 Å². The Morgan fingerprint density at radius 3 is 0.953 bits per heavy atom. The predicted molar refractivity (Wildman–Crippen MR) is 275 cm³/mol. The summed E-state index contributed by atoms with van der Waals surface area (Å²) in [6.45, 7) is 6.51. The zero-order chi connectivity index (χ0) is 46.5. The third kappa shape index (κ3) is 50.4. The van der Waals surface area contributed by atoms with Gasteiger partial charge in [0.2, 0.25) is 0 Å². The van der Waals surface area contributed by atoms with Crippen LogP contribution in [0.2, 0.25) is 0 Å². The summed E-state index contributed by atoms with van der Waals surface area (Å²) >= 11 is 0. The van der Waals surface area contributed by atoms with Crippen LogP contribution >= 0.6 is 0 Å². The molecule has 0 N–H and O–H groups in total. The Labute approximate surface area is 397 Å². The Morgan fingerprint density at radius 2 is 0.609 bits per heavy atom. The largest absolute Gasteiger partial charge is 0.462 e. The highest BCUT2D eigenvalue weighted by Gasteiger charge is 2.19.